The molecule has 0 aromatic rings. The maximum absolute atomic E-state index is 11.4. The molecule has 1 saturated heterocycles. The van der Waals surface area contributed by atoms with Crippen molar-refractivity contribution in [2.24, 2.45) is 0 Å². The fraction of sp³-hybridized carbons (Fsp3) is 0.900. The van der Waals surface area contributed by atoms with E-state index >= 15 is 0 Å². The van der Waals surface area contributed by atoms with Gasteiger partial charge in [-0.3, -0.25) is 4.79 Å². The summed E-state index contributed by atoms with van der Waals surface area (Å²) in [6, 6.07) is 0.429. The number of hydrogen-bond acceptors (Lipinski definition) is 2. The van der Waals surface area contributed by atoms with Crippen LogP contribution in [0.4, 0.5) is 0 Å². The molecule has 74 valence electrons. The van der Waals surface area contributed by atoms with Crippen LogP contribution >= 0.6 is 0 Å². The van der Waals surface area contributed by atoms with Gasteiger partial charge in [0, 0.05) is 19.0 Å². The van der Waals surface area contributed by atoms with Crippen LogP contribution < -0.4 is 0 Å². The van der Waals surface area contributed by atoms with Crippen LogP contribution in [0.1, 0.15) is 38.5 Å². The number of aliphatic hydroxyl groups excluding tert-OH is 1. The minimum atomic E-state index is -0.117. The van der Waals surface area contributed by atoms with Crippen molar-refractivity contribution in [3.63, 3.8) is 0 Å². The highest BCUT2D eigenvalue weighted by Crippen LogP contribution is 2.26. The molecule has 2 aliphatic rings. The van der Waals surface area contributed by atoms with Crippen molar-refractivity contribution in [1.29, 1.82) is 0 Å². The maximum atomic E-state index is 11.4. The Balaban J connectivity index is 1.90. The van der Waals surface area contributed by atoms with Crippen LogP contribution in [0.15, 0.2) is 0 Å². The van der Waals surface area contributed by atoms with Crippen LogP contribution in [0.5, 0.6) is 0 Å². The summed E-state index contributed by atoms with van der Waals surface area (Å²) in [6.45, 7) is 0.944. The van der Waals surface area contributed by atoms with Crippen LogP contribution in [-0.2, 0) is 4.79 Å². The quantitative estimate of drug-likeness (QED) is 0.656. The lowest BCUT2D eigenvalue weighted by Gasteiger charge is -2.32. The molecule has 13 heavy (non-hydrogen) atoms. The van der Waals surface area contributed by atoms with Gasteiger partial charge in [0.2, 0.25) is 5.91 Å². The highest BCUT2D eigenvalue weighted by Gasteiger charge is 2.30. The Morgan fingerprint density at radius 1 is 1.23 bits per heavy atom. The summed E-state index contributed by atoms with van der Waals surface area (Å²) >= 11 is 0. The number of carbonyl (C=O) groups is 1. The van der Waals surface area contributed by atoms with E-state index in [0.717, 1.165) is 45.1 Å². The van der Waals surface area contributed by atoms with E-state index in [1.165, 1.54) is 0 Å². The summed E-state index contributed by atoms with van der Waals surface area (Å²) in [5.74, 6) is 0.321. The van der Waals surface area contributed by atoms with Gasteiger partial charge in [0.15, 0.2) is 0 Å². The van der Waals surface area contributed by atoms with Gasteiger partial charge in [-0.2, -0.15) is 0 Å². The topological polar surface area (TPSA) is 40.5 Å². The molecule has 1 heterocycles. The van der Waals surface area contributed by atoms with E-state index in [0.29, 0.717) is 11.9 Å². The fourth-order valence-electron chi connectivity index (χ4n) is 2.43. The summed E-state index contributed by atoms with van der Waals surface area (Å²) in [6.07, 6.45) is 5.37. The molecule has 1 amide bonds. The molecule has 0 radical (unpaired) electrons. The van der Waals surface area contributed by atoms with Crippen molar-refractivity contribution >= 4 is 5.91 Å². The minimum Gasteiger partial charge on any atom is -0.393 e. The predicted octanol–water partition coefficient (Wildman–Crippen LogP) is 0.912. The van der Waals surface area contributed by atoms with Gasteiger partial charge >= 0.3 is 0 Å². The van der Waals surface area contributed by atoms with Crippen molar-refractivity contribution < 1.29 is 9.90 Å². The van der Waals surface area contributed by atoms with Crippen LogP contribution in [0.25, 0.3) is 0 Å². The monoisotopic (exact) mass is 183 g/mol. The molecule has 1 saturated carbocycles. The molecule has 2 fully saturated rings. The summed E-state index contributed by atoms with van der Waals surface area (Å²) in [4.78, 5) is 13.4. The van der Waals surface area contributed by atoms with Gasteiger partial charge < -0.3 is 10.0 Å². The lowest BCUT2D eigenvalue weighted by Crippen LogP contribution is -2.39. The zero-order valence-corrected chi connectivity index (χ0v) is 7.91. The molecule has 1 N–H and O–H groups in total. The molecule has 0 aromatic heterocycles. The average Bonchev–Trinajstić information content (AvgIpc) is 2.53. The van der Waals surface area contributed by atoms with Gasteiger partial charge in [-0.15, -0.1) is 0 Å². The second kappa shape index (κ2) is 3.66. The Morgan fingerprint density at radius 3 is 2.46 bits per heavy atom. The number of aliphatic hydroxyl groups is 1. The summed E-state index contributed by atoms with van der Waals surface area (Å²) in [5, 5.41) is 9.33. The van der Waals surface area contributed by atoms with Gasteiger partial charge in [0.05, 0.1) is 6.10 Å². The molecule has 0 unspecified atom stereocenters. The van der Waals surface area contributed by atoms with Crippen molar-refractivity contribution in [1.82, 2.24) is 4.90 Å². The molecule has 1 aliphatic carbocycles. The summed E-state index contributed by atoms with van der Waals surface area (Å²) in [5.41, 5.74) is 0. The van der Waals surface area contributed by atoms with E-state index in [4.69, 9.17) is 0 Å². The Bertz CT molecular complexity index is 197. The fourth-order valence-corrected chi connectivity index (χ4v) is 2.43. The number of rotatable bonds is 1. The number of carbonyl (C=O) groups excluding carboxylic acids is 1. The van der Waals surface area contributed by atoms with E-state index in [1.807, 2.05) is 4.90 Å². The van der Waals surface area contributed by atoms with Crippen molar-refractivity contribution in [3.8, 4) is 0 Å². The molecule has 1 aliphatic heterocycles. The van der Waals surface area contributed by atoms with E-state index in [9.17, 15) is 9.90 Å². The molecule has 0 bridgehead atoms. The standard InChI is InChI=1S/C10H17NO2/c12-9-5-3-8(4-6-9)11-7-1-2-10(11)13/h8-9,12H,1-7H2. The summed E-state index contributed by atoms with van der Waals surface area (Å²) < 4.78 is 0. The second-order valence-corrected chi connectivity index (χ2v) is 4.15. The van der Waals surface area contributed by atoms with E-state index in [1.54, 1.807) is 0 Å². The van der Waals surface area contributed by atoms with Gasteiger partial charge in [-0.25, -0.2) is 0 Å². The third kappa shape index (κ3) is 1.85. The first-order valence-electron chi connectivity index (χ1n) is 5.25. The molecule has 0 atom stereocenters. The molecule has 3 heteroatoms. The van der Waals surface area contributed by atoms with Gasteiger partial charge in [0.25, 0.3) is 0 Å². The van der Waals surface area contributed by atoms with Crippen LogP contribution in [0.2, 0.25) is 0 Å². The molecule has 2 rings (SSSR count). The zero-order valence-electron chi connectivity index (χ0n) is 7.91. The third-order valence-corrected chi connectivity index (χ3v) is 3.22. The Morgan fingerprint density at radius 2 is 1.92 bits per heavy atom. The number of hydrogen-bond donors (Lipinski definition) is 1. The van der Waals surface area contributed by atoms with Crippen LogP contribution in [0, 0.1) is 0 Å². The van der Waals surface area contributed by atoms with Gasteiger partial charge in [-0.05, 0) is 32.1 Å². The average molecular weight is 183 g/mol. The second-order valence-electron chi connectivity index (χ2n) is 4.15. The molecular weight excluding hydrogens is 166 g/mol. The Hall–Kier alpha value is -0.570. The number of likely N-dealkylation sites (tertiary alicyclic amines) is 1. The van der Waals surface area contributed by atoms with Crippen LogP contribution in [-0.4, -0.2) is 34.6 Å². The molecular formula is C10H17NO2. The van der Waals surface area contributed by atoms with E-state index in [-0.39, 0.29) is 6.10 Å². The molecule has 0 aromatic carbocycles. The number of nitrogens with zero attached hydrogens (tertiary/aromatic N) is 1. The SMILES string of the molecule is O=C1CCCN1C1CCC(O)CC1. The number of amides is 1. The molecule has 3 nitrogen and oxygen atoms in total. The lowest BCUT2D eigenvalue weighted by atomic mass is 9.92. The minimum absolute atomic E-state index is 0.117. The van der Waals surface area contributed by atoms with Gasteiger partial charge in [0.1, 0.15) is 0 Å². The van der Waals surface area contributed by atoms with Gasteiger partial charge in [-0.1, -0.05) is 0 Å². The predicted molar refractivity (Wildman–Crippen MR) is 49.2 cm³/mol. The lowest BCUT2D eigenvalue weighted by molar-refractivity contribution is -0.130. The normalized spacial score (nSPS) is 35.5. The first-order chi connectivity index (χ1) is 6.27. The van der Waals surface area contributed by atoms with Crippen molar-refractivity contribution in [3.05, 3.63) is 0 Å². The maximum Gasteiger partial charge on any atom is 0.222 e. The van der Waals surface area contributed by atoms with E-state index < -0.39 is 0 Å². The smallest absolute Gasteiger partial charge is 0.222 e. The Labute approximate surface area is 78.7 Å². The zero-order chi connectivity index (χ0) is 9.26. The Kier molecular flexibility index (Phi) is 2.54. The largest absolute Gasteiger partial charge is 0.393 e. The third-order valence-electron chi connectivity index (χ3n) is 3.22. The van der Waals surface area contributed by atoms with E-state index in [2.05, 4.69) is 0 Å². The van der Waals surface area contributed by atoms with Crippen molar-refractivity contribution in [2.45, 2.75) is 50.7 Å². The highest BCUT2D eigenvalue weighted by molar-refractivity contribution is 5.78. The first kappa shape index (κ1) is 9.00. The first-order valence-corrected chi connectivity index (χ1v) is 5.25. The highest BCUT2D eigenvalue weighted by atomic mass is 16.3. The van der Waals surface area contributed by atoms with Crippen LogP contribution in [0.3, 0.4) is 0 Å². The van der Waals surface area contributed by atoms with Crippen molar-refractivity contribution in [2.75, 3.05) is 6.54 Å². The summed E-state index contributed by atoms with van der Waals surface area (Å²) in [7, 11) is 0. The molecule has 0 spiro atoms.